The molecule has 0 atom stereocenters. The molecule has 17 heavy (non-hydrogen) atoms. The Balaban J connectivity index is 1.98. The van der Waals surface area contributed by atoms with Gasteiger partial charge in [0.05, 0.1) is 12.4 Å². The van der Waals surface area contributed by atoms with Crippen LogP contribution in [0.5, 0.6) is 0 Å². The predicted molar refractivity (Wildman–Crippen MR) is 68.5 cm³/mol. The number of ether oxygens (including phenoxy) is 1. The normalized spacial score (nSPS) is 16.6. The van der Waals surface area contributed by atoms with Crippen LogP contribution in [-0.2, 0) is 14.8 Å². The highest BCUT2D eigenvalue weighted by atomic mass is 32.2. The molecule has 0 unspecified atom stereocenters. The van der Waals surface area contributed by atoms with Crippen molar-refractivity contribution in [2.24, 2.45) is 5.92 Å². The molecule has 6 heteroatoms. The first-order chi connectivity index (χ1) is 7.99. The zero-order valence-corrected chi connectivity index (χ0v) is 11.6. The maximum Gasteiger partial charge on any atom is 0.212 e. The van der Waals surface area contributed by atoms with E-state index in [0.717, 1.165) is 12.5 Å². The lowest BCUT2D eigenvalue weighted by Crippen LogP contribution is -2.35. The molecule has 2 N–H and O–H groups in total. The molecule has 0 aromatic heterocycles. The van der Waals surface area contributed by atoms with E-state index in [2.05, 4.69) is 10.0 Å². The Morgan fingerprint density at radius 1 is 1.29 bits per heavy atom. The average Bonchev–Trinajstić information content (AvgIpc) is 3.00. The maximum atomic E-state index is 11.5. The Labute approximate surface area is 104 Å². The third-order valence-electron chi connectivity index (χ3n) is 2.54. The van der Waals surface area contributed by atoms with E-state index in [1.807, 2.05) is 13.8 Å². The van der Waals surface area contributed by atoms with Gasteiger partial charge in [0.2, 0.25) is 10.0 Å². The number of hydrogen-bond acceptors (Lipinski definition) is 4. The lowest BCUT2D eigenvalue weighted by molar-refractivity contribution is 0.129. The standard InChI is InChI=1S/C11H24N2O3S/c1-10(2)12-6-8-17(14,15)13-5-7-16-9-11-3-4-11/h10-13H,3-9H2,1-2H3. The van der Waals surface area contributed by atoms with Crippen LogP contribution < -0.4 is 10.0 Å². The van der Waals surface area contributed by atoms with Gasteiger partial charge in [-0.05, 0) is 18.8 Å². The van der Waals surface area contributed by atoms with E-state index in [1.165, 1.54) is 12.8 Å². The summed E-state index contributed by atoms with van der Waals surface area (Å²) in [6.45, 7) is 6.08. The summed E-state index contributed by atoms with van der Waals surface area (Å²) >= 11 is 0. The van der Waals surface area contributed by atoms with Gasteiger partial charge in [-0.1, -0.05) is 13.8 Å². The second-order valence-corrected chi connectivity index (χ2v) is 6.77. The molecule has 0 bridgehead atoms. The molecule has 0 aromatic carbocycles. The zero-order chi connectivity index (χ0) is 12.7. The third kappa shape index (κ3) is 8.54. The van der Waals surface area contributed by atoms with Gasteiger partial charge >= 0.3 is 0 Å². The number of sulfonamides is 1. The summed E-state index contributed by atoms with van der Waals surface area (Å²) in [7, 11) is -3.15. The van der Waals surface area contributed by atoms with E-state index in [-0.39, 0.29) is 5.75 Å². The molecule has 1 rings (SSSR count). The second-order valence-electron chi connectivity index (χ2n) is 4.84. The first kappa shape index (κ1) is 14.9. The van der Waals surface area contributed by atoms with Crippen LogP contribution in [0.1, 0.15) is 26.7 Å². The first-order valence-electron chi connectivity index (χ1n) is 6.28. The molecule has 5 nitrogen and oxygen atoms in total. The van der Waals surface area contributed by atoms with E-state index in [4.69, 9.17) is 4.74 Å². The molecule has 0 amide bonds. The zero-order valence-electron chi connectivity index (χ0n) is 10.7. The van der Waals surface area contributed by atoms with Crippen molar-refractivity contribution in [3.05, 3.63) is 0 Å². The highest BCUT2D eigenvalue weighted by Crippen LogP contribution is 2.28. The summed E-state index contributed by atoms with van der Waals surface area (Å²) < 4.78 is 30.9. The van der Waals surface area contributed by atoms with E-state index in [1.54, 1.807) is 0 Å². The fraction of sp³-hybridized carbons (Fsp3) is 1.00. The Bertz CT molecular complexity index is 300. The fourth-order valence-corrected chi connectivity index (χ4v) is 2.28. The van der Waals surface area contributed by atoms with Crippen molar-refractivity contribution in [2.75, 3.05) is 32.1 Å². The molecule has 1 aliphatic carbocycles. The summed E-state index contributed by atoms with van der Waals surface area (Å²) in [5.74, 6) is 0.843. The van der Waals surface area contributed by atoms with Gasteiger partial charge in [0.1, 0.15) is 0 Å². The summed E-state index contributed by atoms with van der Waals surface area (Å²) in [5.41, 5.74) is 0. The molecule has 0 aliphatic heterocycles. The smallest absolute Gasteiger partial charge is 0.212 e. The van der Waals surface area contributed by atoms with Gasteiger partial charge in [-0.3, -0.25) is 0 Å². The summed E-state index contributed by atoms with van der Waals surface area (Å²) in [6, 6.07) is 0.312. The molecular formula is C11H24N2O3S. The summed E-state index contributed by atoms with van der Waals surface area (Å²) in [4.78, 5) is 0. The average molecular weight is 264 g/mol. The van der Waals surface area contributed by atoms with Crippen LogP contribution in [0.25, 0.3) is 0 Å². The van der Waals surface area contributed by atoms with Crippen molar-refractivity contribution in [3.63, 3.8) is 0 Å². The molecule has 102 valence electrons. The lowest BCUT2D eigenvalue weighted by Gasteiger charge is -2.09. The maximum absolute atomic E-state index is 11.5. The molecule has 1 fully saturated rings. The van der Waals surface area contributed by atoms with Gasteiger partial charge in [-0.25, -0.2) is 13.1 Å². The molecule has 0 radical (unpaired) electrons. The fourth-order valence-electron chi connectivity index (χ4n) is 1.36. The molecule has 0 heterocycles. The van der Waals surface area contributed by atoms with Crippen LogP contribution in [0.2, 0.25) is 0 Å². The Kier molecular flexibility index (Phi) is 6.40. The van der Waals surface area contributed by atoms with E-state index < -0.39 is 10.0 Å². The Morgan fingerprint density at radius 2 is 2.00 bits per heavy atom. The van der Waals surface area contributed by atoms with Crippen molar-refractivity contribution >= 4 is 10.0 Å². The van der Waals surface area contributed by atoms with Crippen LogP contribution in [0, 0.1) is 5.92 Å². The van der Waals surface area contributed by atoms with Gasteiger partial charge in [-0.15, -0.1) is 0 Å². The van der Waals surface area contributed by atoms with Crippen LogP contribution in [0.15, 0.2) is 0 Å². The third-order valence-corrected chi connectivity index (χ3v) is 3.93. The minimum absolute atomic E-state index is 0.119. The van der Waals surface area contributed by atoms with Crippen molar-refractivity contribution in [1.82, 2.24) is 10.0 Å². The minimum atomic E-state index is -3.15. The van der Waals surface area contributed by atoms with Crippen LogP contribution >= 0.6 is 0 Å². The topological polar surface area (TPSA) is 67.4 Å². The van der Waals surface area contributed by atoms with Crippen molar-refractivity contribution in [3.8, 4) is 0 Å². The van der Waals surface area contributed by atoms with Crippen molar-refractivity contribution < 1.29 is 13.2 Å². The van der Waals surface area contributed by atoms with Gasteiger partial charge in [0.25, 0.3) is 0 Å². The van der Waals surface area contributed by atoms with Gasteiger partial charge < -0.3 is 10.1 Å². The largest absolute Gasteiger partial charge is 0.380 e. The second kappa shape index (κ2) is 7.31. The van der Waals surface area contributed by atoms with Crippen LogP contribution in [-0.4, -0.2) is 46.5 Å². The van der Waals surface area contributed by atoms with Crippen LogP contribution in [0.4, 0.5) is 0 Å². The van der Waals surface area contributed by atoms with Crippen molar-refractivity contribution in [2.45, 2.75) is 32.7 Å². The number of rotatable bonds is 10. The Hall–Kier alpha value is -0.170. The number of nitrogens with one attached hydrogen (secondary N) is 2. The molecular weight excluding hydrogens is 240 g/mol. The summed E-state index contributed by atoms with van der Waals surface area (Å²) in [6.07, 6.45) is 2.51. The van der Waals surface area contributed by atoms with Gasteiger partial charge in [0, 0.05) is 25.7 Å². The quantitative estimate of drug-likeness (QED) is 0.558. The predicted octanol–water partition coefficient (Wildman–Crippen LogP) is 0.330. The molecule has 0 aromatic rings. The number of hydrogen-bond donors (Lipinski definition) is 2. The van der Waals surface area contributed by atoms with Gasteiger partial charge in [-0.2, -0.15) is 0 Å². The minimum Gasteiger partial charge on any atom is -0.380 e. The molecule has 1 saturated carbocycles. The first-order valence-corrected chi connectivity index (χ1v) is 7.93. The molecule has 1 aliphatic rings. The Morgan fingerprint density at radius 3 is 2.59 bits per heavy atom. The monoisotopic (exact) mass is 264 g/mol. The van der Waals surface area contributed by atoms with E-state index in [9.17, 15) is 8.42 Å². The highest BCUT2D eigenvalue weighted by Gasteiger charge is 2.21. The van der Waals surface area contributed by atoms with Crippen LogP contribution in [0.3, 0.4) is 0 Å². The van der Waals surface area contributed by atoms with E-state index >= 15 is 0 Å². The molecule has 0 saturated heterocycles. The van der Waals surface area contributed by atoms with Crippen molar-refractivity contribution in [1.29, 1.82) is 0 Å². The van der Waals surface area contributed by atoms with E-state index in [0.29, 0.717) is 25.7 Å². The SMILES string of the molecule is CC(C)NCCS(=O)(=O)NCCOCC1CC1. The highest BCUT2D eigenvalue weighted by molar-refractivity contribution is 7.89. The lowest BCUT2D eigenvalue weighted by atomic mass is 10.4. The molecule has 0 spiro atoms. The van der Waals surface area contributed by atoms with Gasteiger partial charge in [0.15, 0.2) is 0 Å². The summed E-state index contributed by atoms with van der Waals surface area (Å²) in [5, 5.41) is 3.08.